The van der Waals surface area contributed by atoms with Crippen molar-refractivity contribution in [2.45, 2.75) is 43.3 Å². The molecule has 0 radical (unpaired) electrons. The predicted octanol–water partition coefficient (Wildman–Crippen LogP) is -0.756. The van der Waals surface area contributed by atoms with Gasteiger partial charge in [0.05, 0.1) is 19.3 Å². The van der Waals surface area contributed by atoms with E-state index in [1.165, 1.54) is 0 Å². The zero-order valence-electron chi connectivity index (χ0n) is 11.3. The summed E-state index contributed by atoms with van der Waals surface area (Å²) in [6.45, 7) is 1.57. The number of hydrogen-bond donors (Lipinski definition) is 2. The predicted molar refractivity (Wildman–Crippen MR) is 68.5 cm³/mol. The Morgan fingerprint density at radius 1 is 1.26 bits per heavy atom. The Kier molecular flexibility index (Phi) is 3.22. The summed E-state index contributed by atoms with van der Waals surface area (Å²) >= 11 is 0. The van der Waals surface area contributed by atoms with Gasteiger partial charge < -0.3 is 15.4 Å². The number of ether oxygens (including phenoxy) is 1. The Bertz CT molecular complexity index is 391. The summed E-state index contributed by atoms with van der Waals surface area (Å²) in [5, 5.41) is 5.75. The van der Waals surface area contributed by atoms with Crippen LogP contribution in [0, 0.1) is 0 Å². The maximum absolute atomic E-state index is 12.3. The van der Waals surface area contributed by atoms with E-state index in [-0.39, 0.29) is 17.9 Å². The lowest BCUT2D eigenvalue weighted by atomic mass is 9.92. The minimum Gasteiger partial charge on any atom is -0.376 e. The fourth-order valence-corrected chi connectivity index (χ4v) is 3.03. The summed E-state index contributed by atoms with van der Waals surface area (Å²) in [7, 11) is 1.64. The molecule has 19 heavy (non-hydrogen) atoms. The summed E-state index contributed by atoms with van der Waals surface area (Å²) < 4.78 is 5.26. The Balaban J connectivity index is 1.74. The molecule has 3 rings (SSSR count). The van der Waals surface area contributed by atoms with E-state index in [9.17, 15) is 9.59 Å². The Morgan fingerprint density at radius 3 is 2.53 bits per heavy atom. The van der Waals surface area contributed by atoms with Crippen molar-refractivity contribution in [3.05, 3.63) is 0 Å². The second-order valence-electron chi connectivity index (χ2n) is 5.74. The molecule has 2 amide bonds. The number of amides is 2. The quantitative estimate of drug-likeness (QED) is 0.703. The Labute approximate surface area is 112 Å². The van der Waals surface area contributed by atoms with Crippen LogP contribution in [0.15, 0.2) is 0 Å². The lowest BCUT2D eigenvalue weighted by Gasteiger charge is -2.48. The van der Waals surface area contributed by atoms with Crippen LogP contribution < -0.4 is 10.6 Å². The van der Waals surface area contributed by atoms with Gasteiger partial charge in [-0.15, -0.1) is 0 Å². The van der Waals surface area contributed by atoms with E-state index in [4.69, 9.17) is 4.74 Å². The van der Waals surface area contributed by atoms with Crippen molar-refractivity contribution >= 4 is 11.8 Å². The van der Waals surface area contributed by atoms with Gasteiger partial charge in [0.25, 0.3) is 0 Å². The molecule has 0 spiro atoms. The molecular formula is C13H21N3O3. The molecule has 0 aromatic heterocycles. The summed E-state index contributed by atoms with van der Waals surface area (Å²) in [5.41, 5.74) is -0.628. The minimum atomic E-state index is -0.628. The van der Waals surface area contributed by atoms with Gasteiger partial charge in [0, 0.05) is 19.6 Å². The first-order valence-corrected chi connectivity index (χ1v) is 7.04. The highest BCUT2D eigenvalue weighted by atomic mass is 16.5. The molecule has 1 atom stereocenters. The maximum atomic E-state index is 12.3. The van der Waals surface area contributed by atoms with Crippen LogP contribution in [-0.2, 0) is 14.3 Å². The number of likely N-dealkylation sites (tertiary alicyclic amines) is 1. The van der Waals surface area contributed by atoms with Gasteiger partial charge in [-0.3, -0.25) is 14.5 Å². The van der Waals surface area contributed by atoms with Gasteiger partial charge in [-0.2, -0.15) is 0 Å². The van der Waals surface area contributed by atoms with Crippen molar-refractivity contribution in [1.82, 2.24) is 15.5 Å². The Morgan fingerprint density at radius 2 is 2.00 bits per heavy atom. The number of hydrogen-bond acceptors (Lipinski definition) is 4. The topological polar surface area (TPSA) is 70.7 Å². The fourth-order valence-electron chi connectivity index (χ4n) is 3.03. The third-order valence-corrected chi connectivity index (χ3v) is 4.36. The number of likely N-dealkylation sites (N-methyl/N-ethyl adjacent to an activating group) is 1. The van der Waals surface area contributed by atoms with Gasteiger partial charge in [-0.1, -0.05) is 0 Å². The van der Waals surface area contributed by atoms with Crippen LogP contribution in [-0.4, -0.2) is 61.1 Å². The van der Waals surface area contributed by atoms with Crippen molar-refractivity contribution in [3.63, 3.8) is 0 Å². The average Bonchev–Trinajstić information content (AvgIpc) is 3.02. The van der Waals surface area contributed by atoms with Crippen LogP contribution in [0.1, 0.15) is 25.7 Å². The molecule has 6 nitrogen and oxygen atoms in total. The fraction of sp³-hybridized carbons (Fsp3) is 0.846. The molecule has 1 saturated carbocycles. The van der Waals surface area contributed by atoms with Gasteiger partial charge in [-0.05, 0) is 25.7 Å². The summed E-state index contributed by atoms with van der Waals surface area (Å²) in [6.07, 6.45) is 3.96. The van der Waals surface area contributed by atoms with Gasteiger partial charge >= 0.3 is 0 Å². The first-order valence-electron chi connectivity index (χ1n) is 7.04. The zero-order chi connectivity index (χ0) is 13.5. The van der Waals surface area contributed by atoms with Crippen LogP contribution in [0.2, 0.25) is 0 Å². The van der Waals surface area contributed by atoms with Crippen molar-refractivity contribution in [1.29, 1.82) is 0 Å². The molecule has 2 heterocycles. The van der Waals surface area contributed by atoms with Crippen molar-refractivity contribution in [3.8, 4) is 0 Å². The first kappa shape index (κ1) is 12.9. The van der Waals surface area contributed by atoms with E-state index >= 15 is 0 Å². The Hall–Kier alpha value is -1.14. The normalized spacial score (nSPS) is 29.6. The number of rotatable bonds is 4. The molecule has 0 aromatic carbocycles. The van der Waals surface area contributed by atoms with Crippen molar-refractivity contribution < 1.29 is 14.3 Å². The largest absolute Gasteiger partial charge is 0.376 e. The molecule has 0 bridgehead atoms. The molecule has 3 aliphatic rings. The van der Waals surface area contributed by atoms with Gasteiger partial charge in [0.1, 0.15) is 5.54 Å². The summed E-state index contributed by atoms with van der Waals surface area (Å²) in [6, 6.07) is 0.186. The van der Waals surface area contributed by atoms with E-state index in [1.54, 1.807) is 7.05 Å². The second-order valence-corrected chi connectivity index (χ2v) is 5.74. The lowest BCUT2D eigenvalue weighted by molar-refractivity contribution is -0.174. The summed E-state index contributed by atoms with van der Waals surface area (Å²) in [5.74, 6) is 0.0417. The van der Waals surface area contributed by atoms with E-state index in [0.717, 1.165) is 32.2 Å². The first-order chi connectivity index (χ1) is 9.17. The molecule has 6 heteroatoms. The molecule has 2 aliphatic heterocycles. The second kappa shape index (κ2) is 4.76. The molecular weight excluding hydrogens is 246 g/mol. The number of carbonyl (C=O) groups is 2. The number of nitrogens with zero attached hydrogens (tertiary/aromatic N) is 1. The van der Waals surface area contributed by atoms with Gasteiger partial charge in [-0.25, -0.2) is 0 Å². The maximum Gasteiger partial charge on any atom is 0.245 e. The average molecular weight is 267 g/mol. The lowest BCUT2D eigenvalue weighted by Crippen LogP contribution is -2.71. The third kappa shape index (κ3) is 2.12. The molecule has 2 saturated heterocycles. The highest BCUT2D eigenvalue weighted by molar-refractivity contribution is 5.89. The molecule has 3 fully saturated rings. The monoisotopic (exact) mass is 267 g/mol. The SMILES string of the molecule is CNC(=O)C1(N2CCC[C@H]2C(=O)NC2CC2)COC1. The third-order valence-electron chi connectivity index (χ3n) is 4.36. The van der Waals surface area contributed by atoms with Crippen LogP contribution >= 0.6 is 0 Å². The van der Waals surface area contributed by atoms with Crippen LogP contribution in [0.25, 0.3) is 0 Å². The van der Waals surface area contributed by atoms with Crippen LogP contribution in [0.3, 0.4) is 0 Å². The van der Waals surface area contributed by atoms with E-state index in [2.05, 4.69) is 10.6 Å². The standard InChI is InChI=1S/C13H21N3O3/c1-14-12(18)13(7-19-8-13)16-6-2-3-10(16)11(17)15-9-4-5-9/h9-10H,2-8H2,1H3,(H,14,18)(H,15,17)/t10-/m0/s1. The van der Waals surface area contributed by atoms with Gasteiger partial charge in [0.2, 0.25) is 11.8 Å². The van der Waals surface area contributed by atoms with Crippen molar-refractivity contribution in [2.75, 3.05) is 26.8 Å². The van der Waals surface area contributed by atoms with Crippen LogP contribution in [0.5, 0.6) is 0 Å². The highest BCUT2D eigenvalue weighted by Gasteiger charge is 2.55. The zero-order valence-corrected chi connectivity index (χ0v) is 11.3. The molecule has 2 N–H and O–H groups in total. The van der Waals surface area contributed by atoms with E-state index in [1.807, 2.05) is 4.90 Å². The summed E-state index contributed by atoms with van der Waals surface area (Å²) in [4.78, 5) is 26.5. The van der Waals surface area contributed by atoms with Crippen LogP contribution in [0.4, 0.5) is 0 Å². The molecule has 0 aromatic rings. The van der Waals surface area contributed by atoms with Gasteiger partial charge in [0.15, 0.2) is 0 Å². The van der Waals surface area contributed by atoms with E-state index in [0.29, 0.717) is 19.3 Å². The minimum absolute atomic E-state index is 0.0372. The molecule has 1 aliphatic carbocycles. The number of carbonyl (C=O) groups excluding carboxylic acids is 2. The highest BCUT2D eigenvalue weighted by Crippen LogP contribution is 2.33. The van der Waals surface area contributed by atoms with E-state index < -0.39 is 5.54 Å². The number of nitrogens with one attached hydrogen (secondary N) is 2. The smallest absolute Gasteiger partial charge is 0.245 e. The molecule has 106 valence electrons. The molecule has 0 unspecified atom stereocenters. The van der Waals surface area contributed by atoms with Crippen molar-refractivity contribution in [2.24, 2.45) is 0 Å².